The predicted octanol–water partition coefficient (Wildman–Crippen LogP) is 3.34. The number of rotatable bonds is 4. The van der Waals surface area contributed by atoms with Gasteiger partial charge >= 0.3 is 0 Å². The Morgan fingerprint density at radius 1 is 1.42 bits per heavy atom. The van der Waals surface area contributed by atoms with Crippen LogP contribution in [0.4, 0.5) is 0 Å². The Morgan fingerprint density at radius 2 is 2.16 bits per heavy atom. The van der Waals surface area contributed by atoms with Crippen LogP contribution in [0.25, 0.3) is 6.08 Å². The lowest BCUT2D eigenvalue weighted by molar-refractivity contribution is -0.118. The van der Waals surface area contributed by atoms with Crippen LogP contribution in [0.1, 0.15) is 37.0 Å². The number of halogens is 1. The van der Waals surface area contributed by atoms with Crippen LogP contribution in [0.5, 0.6) is 0 Å². The molecule has 19 heavy (non-hydrogen) atoms. The molecule has 1 aromatic heterocycles. The highest BCUT2D eigenvalue weighted by Crippen LogP contribution is 2.27. The second-order valence-electron chi connectivity index (χ2n) is 4.98. The van der Waals surface area contributed by atoms with Crippen LogP contribution in [-0.2, 0) is 4.79 Å². The van der Waals surface area contributed by atoms with Gasteiger partial charge in [0.2, 0.25) is 5.91 Å². The highest BCUT2D eigenvalue weighted by Gasteiger charge is 2.29. The number of thiophene rings is 1. The normalized spacial score (nSPS) is 18.6. The van der Waals surface area contributed by atoms with Crippen LogP contribution in [-0.4, -0.2) is 23.2 Å². The summed E-state index contributed by atoms with van der Waals surface area (Å²) in [6.07, 6.45) is 8.16. The van der Waals surface area contributed by atoms with Crippen molar-refractivity contribution in [1.82, 2.24) is 5.32 Å². The third kappa shape index (κ3) is 4.75. The summed E-state index contributed by atoms with van der Waals surface area (Å²) in [4.78, 5) is 12.7. The molecule has 0 unspecified atom stereocenters. The van der Waals surface area contributed by atoms with Crippen LogP contribution >= 0.6 is 27.3 Å². The average molecular weight is 344 g/mol. The van der Waals surface area contributed by atoms with E-state index in [0.29, 0.717) is 6.54 Å². The second kappa shape index (κ2) is 6.68. The van der Waals surface area contributed by atoms with Gasteiger partial charge in [-0.15, -0.1) is 11.3 Å². The van der Waals surface area contributed by atoms with Crippen LogP contribution < -0.4 is 5.32 Å². The lowest BCUT2D eigenvalue weighted by Gasteiger charge is -2.31. The van der Waals surface area contributed by atoms with E-state index in [1.807, 2.05) is 12.1 Å². The van der Waals surface area contributed by atoms with Crippen molar-refractivity contribution in [3.8, 4) is 0 Å². The zero-order valence-electron chi connectivity index (χ0n) is 10.7. The van der Waals surface area contributed by atoms with Gasteiger partial charge in [0.1, 0.15) is 0 Å². The van der Waals surface area contributed by atoms with E-state index in [0.717, 1.165) is 34.3 Å². The van der Waals surface area contributed by atoms with Crippen LogP contribution in [0.2, 0.25) is 0 Å². The Labute approximate surface area is 125 Å². The fourth-order valence-corrected chi connectivity index (χ4v) is 3.60. The van der Waals surface area contributed by atoms with Gasteiger partial charge in [0, 0.05) is 17.5 Å². The SMILES string of the molecule is O=C(C=Cc1ccc(Br)s1)NCC1(O)CCCCC1. The maximum Gasteiger partial charge on any atom is 0.244 e. The minimum absolute atomic E-state index is 0.150. The Kier molecular flexibility index (Phi) is 5.19. The number of nitrogens with one attached hydrogen (secondary N) is 1. The van der Waals surface area contributed by atoms with E-state index in [-0.39, 0.29) is 5.91 Å². The molecule has 0 bridgehead atoms. The van der Waals surface area contributed by atoms with Crippen molar-refractivity contribution in [2.75, 3.05) is 6.54 Å². The largest absolute Gasteiger partial charge is 0.388 e. The summed E-state index contributed by atoms with van der Waals surface area (Å²) in [5, 5.41) is 13.1. The van der Waals surface area contributed by atoms with Crippen LogP contribution in [0, 0.1) is 0 Å². The van der Waals surface area contributed by atoms with Crippen LogP contribution in [0.3, 0.4) is 0 Å². The van der Waals surface area contributed by atoms with E-state index < -0.39 is 5.60 Å². The molecule has 0 atom stereocenters. The quantitative estimate of drug-likeness (QED) is 0.823. The fourth-order valence-electron chi connectivity index (χ4n) is 2.27. The fraction of sp³-hybridized carbons (Fsp3) is 0.500. The van der Waals surface area contributed by atoms with Gasteiger partial charge in [0.25, 0.3) is 0 Å². The highest BCUT2D eigenvalue weighted by atomic mass is 79.9. The van der Waals surface area contributed by atoms with Gasteiger partial charge in [-0.2, -0.15) is 0 Å². The van der Waals surface area contributed by atoms with Gasteiger partial charge in [0.05, 0.1) is 9.39 Å². The zero-order chi connectivity index (χ0) is 13.7. The topological polar surface area (TPSA) is 49.3 Å². The molecule has 2 rings (SSSR count). The summed E-state index contributed by atoms with van der Waals surface area (Å²) >= 11 is 4.96. The van der Waals surface area contributed by atoms with Crippen molar-refractivity contribution in [2.45, 2.75) is 37.7 Å². The Balaban J connectivity index is 1.79. The minimum Gasteiger partial charge on any atom is -0.388 e. The van der Waals surface area contributed by atoms with Crippen molar-refractivity contribution >= 4 is 39.2 Å². The van der Waals surface area contributed by atoms with E-state index in [4.69, 9.17) is 0 Å². The van der Waals surface area contributed by atoms with Crippen LogP contribution in [0.15, 0.2) is 22.0 Å². The van der Waals surface area contributed by atoms with E-state index >= 15 is 0 Å². The molecule has 2 N–H and O–H groups in total. The molecule has 0 radical (unpaired) electrons. The van der Waals surface area contributed by atoms with Crippen molar-refractivity contribution in [1.29, 1.82) is 0 Å². The molecule has 0 aliphatic heterocycles. The van der Waals surface area contributed by atoms with E-state index in [1.54, 1.807) is 17.4 Å². The summed E-state index contributed by atoms with van der Waals surface area (Å²) in [5.41, 5.74) is -0.701. The van der Waals surface area contributed by atoms with E-state index in [2.05, 4.69) is 21.2 Å². The molecule has 1 heterocycles. The number of carbonyl (C=O) groups is 1. The summed E-state index contributed by atoms with van der Waals surface area (Å²) in [6, 6.07) is 3.90. The van der Waals surface area contributed by atoms with Crippen molar-refractivity contribution in [2.24, 2.45) is 0 Å². The van der Waals surface area contributed by atoms with E-state index in [9.17, 15) is 9.90 Å². The molecule has 1 fully saturated rings. The third-order valence-corrected chi connectivity index (χ3v) is 4.96. The first-order chi connectivity index (χ1) is 9.07. The Bertz CT molecular complexity index is 464. The molecule has 5 heteroatoms. The van der Waals surface area contributed by atoms with Crippen molar-refractivity contribution < 1.29 is 9.90 Å². The van der Waals surface area contributed by atoms with Gasteiger partial charge in [-0.05, 0) is 47.0 Å². The number of aliphatic hydroxyl groups is 1. The third-order valence-electron chi connectivity index (χ3n) is 3.37. The monoisotopic (exact) mass is 343 g/mol. The molecule has 104 valence electrons. The molecule has 1 aliphatic carbocycles. The lowest BCUT2D eigenvalue weighted by Crippen LogP contribution is -2.43. The zero-order valence-corrected chi connectivity index (χ0v) is 13.1. The number of amides is 1. The Morgan fingerprint density at radius 3 is 2.79 bits per heavy atom. The first kappa shape index (κ1) is 14.8. The molecular formula is C14H18BrNO2S. The molecule has 0 aromatic carbocycles. The highest BCUT2D eigenvalue weighted by molar-refractivity contribution is 9.11. The summed E-state index contributed by atoms with van der Waals surface area (Å²) in [5.74, 6) is -0.150. The van der Waals surface area contributed by atoms with Gasteiger partial charge in [-0.3, -0.25) is 4.79 Å². The molecule has 0 spiro atoms. The average Bonchev–Trinajstić information content (AvgIpc) is 2.81. The summed E-state index contributed by atoms with van der Waals surface area (Å²) < 4.78 is 1.05. The first-order valence-corrected chi connectivity index (χ1v) is 8.12. The molecule has 3 nitrogen and oxygen atoms in total. The maximum atomic E-state index is 11.7. The summed E-state index contributed by atoms with van der Waals surface area (Å²) in [7, 11) is 0. The number of carbonyl (C=O) groups excluding carboxylic acids is 1. The number of hydrogen-bond acceptors (Lipinski definition) is 3. The van der Waals surface area contributed by atoms with Gasteiger partial charge in [0.15, 0.2) is 0 Å². The predicted molar refractivity (Wildman–Crippen MR) is 82.1 cm³/mol. The van der Waals surface area contributed by atoms with Crippen molar-refractivity contribution in [3.05, 3.63) is 26.9 Å². The first-order valence-electron chi connectivity index (χ1n) is 6.51. The lowest BCUT2D eigenvalue weighted by atomic mass is 9.85. The molecule has 1 amide bonds. The maximum absolute atomic E-state index is 11.7. The molecule has 0 saturated heterocycles. The smallest absolute Gasteiger partial charge is 0.244 e. The van der Waals surface area contributed by atoms with Gasteiger partial charge < -0.3 is 10.4 Å². The van der Waals surface area contributed by atoms with Crippen molar-refractivity contribution in [3.63, 3.8) is 0 Å². The minimum atomic E-state index is -0.701. The van der Waals surface area contributed by atoms with Gasteiger partial charge in [-0.25, -0.2) is 0 Å². The summed E-state index contributed by atoms with van der Waals surface area (Å²) in [6.45, 7) is 0.351. The standard InChI is InChI=1S/C14H18BrNO2S/c15-12-6-4-11(19-12)5-7-13(17)16-10-14(18)8-2-1-3-9-14/h4-7,18H,1-3,8-10H2,(H,16,17). The molecule has 1 aliphatic rings. The molecular weight excluding hydrogens is 326 g/mol. The molecule has 1 saturated carbocycles. The second-order valence-corrected chi connectivity index (χ2v) is 7.47. The number of hydrogen-bond donors (Lipinski definition) is 2. The molecule has 1 aromatic rings. The van der Waals surface area contributed by atoms with Gasteiger partial charge in [-0.1, -0.05) is 19.3 Å². The van der Waals surface area contributed by atoms with E-state index in [1.165, 1.54) is 12.5 Å². The Hall–Kier alpha value is -0.650.